The number of aromatic nitrogens is 2. The molecule has 0 spiro atoms. The number of fused-ring (bicyclic) bond motifs is 1. The second kappa shape index (κ2) is 5.84. The van der Waals surface area contributed by atoms with Crippen LogP contribution in [0.5, 0.6) is 0 Å². The van der Waals surface area contributed by atoms with Gasteiger partial charge in [-0.2, -0.15) is 0 Å². The van der Waals surface area contributed by atoms with Crippen molar-refractivity contribution in [2.24, 2.45) is 5.92 Å². The summed E-state index contributed by atoms with van der Waals surface area (Å²) in [7, 11) is 0. The molecule has 7 heteroatoms. The fourth-order valence-electron chi connectivity index (χ4n) is 2.97. The van der Waals surface area contributed by atoms with Gasteiger partial charge in [0.1, 0.15) is 6.04 Å². The van der Waals surface area contributed by atoms with Gasteiger partial charge in [-0.05, 0) is 43.9 Å². The first-order valence-electron chi connectivity index (χ1n) is 8.33. The number of carbonyl (C=O) groups is 3. The van der Waals surface area contributed by atoms with Crippen molar-refractivity contribution in [1.82, 2.24) is 14.5 Å². The van der Waals surface area contributed by atoms with Gasteiger partial charge in [0.25, 0.3) is 11.8 Å². The van der Waals surface area contributed by atoms with Crippen molar-refractivity contribution >= 4 is 23.4 Å². The molecule has 0 unspecified atom stereocenters. The molecule has 128 valence electrons. The highest BCUT2D eigenvalue weighted by atomic mass is 16.2. The number of imidazole rings is 1. The standard InChI is InChI=1S/C18H18N4O3/c1-11(21-7-6-19-10-21)16(23)20-13-4-5-14-15(8-13)18(25)22(17(14)24)9-12-2-3-12/h4-8,10-12H,2-3,9H2,1H3,(H,20,23)/t11-/m0/s1. The van der Waals surface area contributed by atoms with Crippen molar-refractivity contribution < 1.29 is 14.4 Å². The van der Waals surface area contributed by atoms with E-state index in [1.165, 1.54) is 4.90 Å². The first-order chi connectivity index (χ1) is 12.0. The Labute approximate surface area is 144 Å². The Kier molecular flexibility index (Phi) is 3.63. The lowest BCUT2D eigenvalue weighted by Gasteiger charge is -2.13. The van der Waals surface area contributed by atoms with Crippen LogP contribution in [0, 0.1) is 5.92 Å². The van der Waals surface area contributed by atoms with Crippen LogP contribution in [0.4, 0.5) is 5.69 Å². The second-order valence-corrected chi connectivity index (χ2v) is 6.60. The van der Waals surface area contributed by atoms with Crippen molar-refractivity contribution in [1.29, 1.82) is 0 Å². The number of hydrogen-bond donors (Lipinski definition) is 1. The van der Waals surface area contributed by atoms with Crippen molar-refractivity contribution in [2.75, 3.05) is 11.9 Å². The molecule has 1 aromatic carbocycles. The average Bonchev–Trinajstić information content (AvgIpc) is 3.20. The number of nitrogens with one attached hydrogen (secondary N) is 1. The summed E-state index contributed by atoms with van der Waals surface area (Å²) in [5, 5.41) is 2.79. The van der Waals surface area contributed by atoms with Gasteiger partial charge in [-0.15, -0.1) is 0 Å². The highest BCUT2D eigenvalue weighted by Crippen LogP contribution is 2.33. The van der Waals surface area contributed by atoms with E-state index >= 15 is 0 Å². The summed E-state index contributed by atoms with van der Waals surface area (Å²) in [4.78, 5) is 42.5. The molecule has 0 radical (unpaired) electrons. The Morgan fingerprint density at radius 3 is 2.72 bits per heavy atom. The molecule has 1 aromatic heterocycles. The van der Waals surface area contributed by atoms with Crippen LogP contribution in [0.1, 0.15) is 46.5 Å². The molecule has 4 rings (SSSR count). The maximum Gasteiger partial charge on any atom is 0.261 e. The molecule has 1 fully saturated rings. The Hall–Kier alpha value is -2.96. The van der Waals surface area contributed by atoms with E-state index in [0.717, 1.165) is 12.8 Å². The largest absolute Gasteiger partial charge is 0.325 e. The van der Waals surface area contributed by atoms with Crippen LogP contribution in [-0.2, 0) is 4.79 Å². The van der Waals surface area contributed by atoms with Crippen LogP contribution >= 0.6 is 0 Å². The molecular formula is C18H18N4O3. The topological polar surface area (TPSA) is 84.3 Å². The maximum atomic E-state index is 12.5. The van der Waals surface area contributed by atoms with E-state index in [9.17, 15) is 14.4 Å². The minimum absolute atomic E-state index is 0.218. The fourth-order valence-corrected chi connectivity index (χ4v) is 2.97. The highest BCUT2D eigenvalue weighted by Gasteiger charge is 2.38. The van der Waals surface area contributed by atoms with Crippen molar-refractivity contribution in [2.45, 2.75) is 25.8 Å². The molecule has 2 heterocycles. The summed E-state index contributed by atoms with van der Waals surface area (Å²) in [5.74, 6) is -0.288. The predicted octanol–water partition coefficient (Wildman–Crippen LogP) is 2.09. The minimum Gasteiger partial charge on any atom is -0.325 e. The number of amides is 3. The highest BCUT2D eigenvalue weighted by molar-refractivity contribution is 6.21. The second-order valence-electron chi connectivity index (χ2n) is 6.60. The number of rotatable bonds is 5. The molecule has 7 nitrogen and oxygen atoms in total. The van der Waals surface area contributed by atoms with E-state index in [4.69, 9.17) is 0 Å². The van der Waals surface area contributed by atoms with Crippen LogP contribution < -0.4 is 5.32 Å². The van der Waals surface area contributed by atoms with Gasteiger partial charge in [0.2, 0.25) is 5.91 Å². The Morgan fingerprint density at radius 2 is 2.04 bits per heavy atom. The van der Waals surface area contributed by atoms with Crippen LogP contribution in [0.25, 0.3) is 0 Å². The number of hydrogen-bond acceptors (Lipinski definition) is 4. The number of carbonyl (C=O) groups excluding carboxylic acids is 3. The Bertz CT molecular complexity index is 855. The van der Waals surface area contributed by atoms with E-state index < -0.39 is 6.04 Å². The third-order valence-corrected chi connectivity index (χ3v) is 4.73. The van der Waals surface area contributed by atoms with Gasteiger partial charge in [-0.3, -0.25) is 19.3 Å². The van der Waals surface area contributed by atoms with E-state index in [-0.39, 0.29) is 17.7 Å². The first kappa shape index (κ1) is 15.6. The van der Waals surface area contributed by atoms with Crippen LogP contribution in [-0.4, -0.2) is 38.7 Å². The monoisotopic (exact) mass is 338 g/mol. The summed E-state index contributed by atoms with van der Waals surface area (Å²) in [5.41, 5.74) is 1.27. The molecule has 2 aliphatic rings. The molecule has 0 bridgehead atoms. The zero-order valence-corrected chi connectivity index (χ0v) is 13.8. The van der Waals surface area contributed by atoms with Gasteiger partial charge in [0.05, 0.1) is 17.5 Å². The summed E-state index contributed by atoms with van der Waals surface area (Å²) >= 11 is 0. The molecule has 1 aliphatic carbocycles. The molecule has 0 saturated heterocycles. The lowest BCUT2D eigenvalue weighted by molar-refractivity contribution is -0.118. The SMILES string of the molecule is C[C@@H](C(=O)Nc1ccc2c(c1)C(=O)N(CC1CC1)C2=O)n1ccnc1. The number of nitrogens with zero attached hydrogens (tertiary/aromatic N) is 3. The third-order valence-electron chi connectivity index (χ3n) is 4.73. The van der Waals surface area contributed by atoms with Crippen molar-refractivity contribution in [3.05, 3.63) is 48.0 Å². The van der Waals surface area contributed by atoms with Gasteiger partial charge in [-0.1, -0.05) is 0 Å². The van der Waals surface area contributed by atoms with Gasteiger partial charge in [-0.25, -0.2) is 4.98 Å². The summed E-state index contributed by atoms with van der Waals surface area (Å²) in [6.07, 6.45) is 7.04. The smallest absolute Gasteiger partial charge is 0.261 e. The summed E-state index contributed by atoms with van der Waals surface area (Å²) < 4.78 is 1.69. The molecule has 2 aromatic rings. The van der Waals surface area contributed by atoms with Crippen molar-refractivity contribution in [3.63, 3.8) is 0 Å². The average molecular weight is 338 g/mol. The van der Waals surface area contributed by atoms with Gasteiger partial charge < -0.3 is 9.88 Å². The zero-order chi connectivity index (χ0) is 17.6. The molecule has 25 heavy (non-hydrogen) atoms. The van der Waals surface area contributed by atoms with Crippen molar-refractivity contribution in [3.8, 4) is 0 Å². The van der Waals surface area contributed by atoms with Crippen LogP contribution in [0.2, 0.25) is 0 Å². The number of anilines is 1. The quantitative estimate of drug-likeness (QED) is 0.846. The number of imide groups is 1. The number of benzene rings is 1. The van der Waals surface area contributed by atoms with E-state index in [2.05, 4.69) is 10.3 Å². The van der Waals surface area contributed by atoms with Gasteiger partial charge in [0.15, 0.2) is 0 Å². The molecule has 1 saturated carbocycles. The molecule has 3 amide bonds. The lowest BCUT2D eigenvalue weighted by Crippen LogP contribution is -2.31. The molecular weight excluding hydrogens is 320 g/mol. The van der Waals surface area contributed by atoms with Gasteiger partial charge >= 0.3 is 0 Å². The molecule has 1 N–H and O–H groups in total. The van der Waals surface area contributed by atoms with E-state index in [0.29, 0.717) is 29.3 Å². The molecule has 1 atom stereocenters. The Morgan fingerprint density at radius 1 is 1.28 bits per heavy atom. The Balaban J connectivity index is 1.52. The van der Waals surface area contributed by atoms with Gasteiger partial charge in [0, 0.05) is 24.6 Å². The molecule has 1 aliphatic heterocycles. The maximum absolute atomic E-state index is 12.5. The zero-order valence-electron chi connectivity index (χ0n) is 13.8. The third kappa shape index (κ3) is 2.82. The normalized spacial score (nSPS) is 17.6. The van der Waals surface area contributed by atoms with Crippen LogP contribution in [0.3, 0.4) is 0 Å². The summed E-state index contributed by atoms with van der Waals surface area (Å²) in [6.45, 7) is 2.25. The lowest BCUT2D eigenvalue weighted by atomic mass is 10.1. The predicted molar refractivity (Wildman–Crippen MR) is 90.1 cm³/mol. The van der Waals surface area contributed by atoms with E-state index in [1.54, 1.807) is 48.4 Å². The van der Waals surface area contributed by atoms with E-state index in [1.807, 2.05) is 0 Å². The first-order valence-corrected chi connectivity index (χ1v) is 8.33. The van der Waals surface area contributed by atoms with Crippen LogP contribution in [0.15, 0.2) is 36.9 Å². The minimum atomic E-state index is -0.431. The summed E-state index contributed by atoms with van der Waals surface area (Å²) in [6, 6.07) is 4.42. The fraction of sp³-hybridized carbons (Fsp3) is 0.333.